The molecule has 2 N–H and O–H groups in total. The van der Waals surface area contributed by atoms with Crippen molar-refractivity contribution in [2.24, 2.45) is 0 Å². The van der Waals surface area contributed by atoms with Crippen LogP contribution in [0.2, 0.25) is 0 Å². The zero-order valence-electron chi connectivity index (χ0n) is 14.9. The SMILES string of the molecule is Cl.O=C(CCN1CCNCC1c1cccnc1)Nc1ccc2c(c1)OCO2. The second-order valence-corrected chi connectivity index (χ2v) is 6.41. The van der Waals surface area contributed by atoms with Crippen molar-refractivity contribution in [2.45, 2.75) is 12.5 Å². The van der Waals surface area contributed by atoms with Crippen molar-refractivity contribution in [1.82, 2.24) is 15.2 Å². The lowest BCUT2D eigenvalue weighted by atomic mass is 10.1. The highest BCUT2D eigenvalue weighted by Crippen LogP contribution is 2.34. The number of benzene rings is 1. The summed E-state index contributed by atoms with van der Waals surface area (Å²) in [5, 5.41) is 6.36. The van der Waals surface area contributed by atoms with Crippen molar-refractivity contribution in [3.05, 3.63) is 48.3 Å². The minimum absolute atomic E-state index is 0. The topological polar surface area (TPSA) is 75.7 Å². The molecule has 144 valence electrons. The molecule has 1 saturated heterocycles. The Kier molecular flexibility index (Phi) is 6.49. The summed E-state index contributed by atoms with van der Waals surface area (Å²) in [6.45, 7) is 3.65. The maximum absolute atomic E-state index is 12.4. The molecule has 1 amide bonds. The van der Waals surface area contributed by atoms with E-state index in [-0.39, 0.29) is 31.1 Å². The van der Waals surface area contributed by atoms with Gasteiger partial charge in [0.25, 0.3) is 0 Å². The van der Waals surface area contributed by atoms with Gasteiger partial charge in [-0.3, -0.25) is 14.7 Å². The second-order valence-electron chi connectivity index (χ2n) is 6.41. The van der Waals surface area contributed by atoms with Crippen LogP contribution in [0, 0.1) is 0 Å². The molecule has 2 aliphatic rings. The van der Waals surface area contributed by atoms with E-state index in [2.05, 4.69) is 26.6 Å². The van der Waals surface area contributed by atoms with E-state index in [0.29, 0.717) is 24.5 Å². The predicted octanol–water partition coefficient (Wildman–Crippen LogP) is 2.21. The molecule has 7 nitrogen and oxygen atoms in total. The van der Waals surface area contributed by atoms with E-state index in [1.54, 1.807) is 12.3 Å². The van der Waals surface area contributed by atoms with Gasteiger partial charge in [0, 0.05) is 62.8 Å². The molecule has 0 saturated carbocycles. The van der Waals surface area contributed by atoms with Gasteiger partial charge in [0.2, 0.25) is 12.7 Å². The fourth-order valence-electron chi connectivity index (χ4n) is 3.36. The molecule has 0 spiro atoms. The number of hydrogen-bond donors (Lipinski definition) is 2. The van der Waals surface area contributed by atoms with Crippen LogP contribution in [0.3, 0.4) is 0 Å². The minimum atomic E-state index is -0.00710. The third-order valence-corrected chi connectivity index (χ3v) is 4.71. The molecular weight excluding hydrogens is 368 g/mol. The molecule has 1 unspecified atom stereocenters. The number of rotatable bonds is 5. The zero-order chi connectivity index (χ0) is 17.8. The first-order valence-electron chi connectivity index (χ1n) is 8.84. The van der Waals surface area contributed by atoms with Crippen LogP contribution in [-0.2, 0) is 4.79 Å². The van der Waals surface area contributed by atoms with Crippen LogP contribution in [0.25, 0.3) is 0 Å². The average molecular weight is 391 g/mol. The molecule has 1 fully saturated rings. The number of fused-ring (bicyclic) bond motifs is 1. The lowest BCUT2D eigenvalue weighted by molar-refractivity contribution is -0.116. The number of piperazine rings is 1. The summed E-state index contributed by atoms with van der Waals surface area (Å²) < 4.78 is 10.6. The van der Waals surface area contributed by atoms with Crippen molar-refractivity contribution >= 4 is 24.0 Å². The molecule has 1 aromatic heterocycles. The highest BCUT2D eigenvalue weighted by atomic mass is 35.5. The molecular formula is C19H23ClN4O3. The molecule has 2 aliphatic heterocycles. The summed E-state index contributed by atoms with van der Waals surface area (Å²) in [4.78, 5) is 18.9. The number of hydrogen-bond acceptors (Lipinski definition) is 6. The number of amides is 1. The van der Waals surface area contributed by atoms with E-state index >= 15 is 0 Å². The third-order valence-electron chi connectivity index (χ3n) is 4.71. The quantitative estimate of drug-likeness (QED) is 0.815. The van der Waals surface area contributed by atoms with Gasteiger partial charge in [-0.1, -0.05) is 6.07 Å². The third kappa shape index (κ3) is 4.68. The van der Waals surface area contributed by atoms with Gasteiger partial charge in [-0.2, -0.15) is 0 Å². The minimum Gasteiger partial charge on any atom is -0.454 e. The summed E-state index contributed by atoms with van der Waals surface area (Å²) in [5.74, 6) is 1.37. The first-order chi connectivity index (χ1) is 12.8. The smallest absolute Gasteiger partial charge is 0.231 e. The number of carbonyl (C=O) groups excluding carboxylic acids is 1. The predicted molar refractivity (Wildman–Crippen MR) is 104 cm³/mol. The number of aromatic nitrogens is 1. The van der Waals surface area contributed by atoms with Crippen LogP contribution in [0.4, 0.5) is 5.69 Å². The van der Waals surface area contributed by atoms with Crippen molar-refractivity contribution < 1.29 is 14.3 Å². The highest BCUT2D eigenvalue weighted by Gasteiger charge is 2.24. The second kappa shape index (κ2) is 9.03. The molecule has 3 heterocycles. The van der Waals surface area contributed by atoms with Gasteiger partial charge in [-0.15, -0.1) is 12.4 Å². The van der Waals surface area contributed by atoms with Crippen LogP contribution in [0.15, 0.2) is 42.7 Å². The fourth-order valence-corrected chi connectivity index (χ4v) is 3.36. The number of pyridine rings is 1. The number of nitrogens with one attached hydrogen (secondary N) is 2. The van der Waals surface area contributed by atoms with E-state index in [4.69, 9.17) is 9.47 Å². The maximum atomic E-state index is 12.4. The molecule has 27 heavy (non-hydrogen) atoms. The Morgan fingerprint density at radius 3 is 3.04 bits per heavy atom. The van der Waals surface area contributed by atoms with Gasteiger partial charge < -0.3 is 20.1 Å². The fraction of sp³-hybridized carbons (Fsp3) is 0.368. The summed E-state index contributed by atoms with van der Waals surface area (Å²) >= 11 is 0. The molecule has 1 aromatic carbocycles. The van der Waals surface area contributed by atoms with Gasteiger partial charge in [0.1, 0.15) is 0 Å². The van der Waals surface area contributed by atoms with Gasteiger partial charge in [0.15, 0.2) is 11.5 Å². The highest BCUT2D eigenvalue weighted by molar-refractivity contribution is 5.91. The van der Waals surface area contributed by atoms with E-state index in [1.807, 2.05) is 24.4 Å². The summed E-state index contributed by atoms with van der Waals surface area (Å²) in [7, 11) is 0. The summed E-state index contributed by atoms with van der Waals surface area (Å²) in [5.41, 5.74) is 1.90. The summed E-state index contributed by atoms with van der Waals surface area (Å²) in [6.07, 6.45) is 4.12. The Labute approximate surface area is 164 Å². The Morgan fingerprint density at radius 2 is 2.19 bits per heavy atom. The van der Waals surface area contributed by atoms with Crippen LogP contribution in [0.1, 0.15) is 18.0 Å². The van der Waals surface area contributed by atoms with Crippen LogP contribution in [-0.4, -0.2) is 48.8 Å². The number of halogens is 1. The van der Waals surface area contributed by atoms with Gasteiger partial charge >= 0.3 is 0 Å². The Bertz CT molecular complexity index is 775. The van der Waals surface area contributed by atoms with Crippen LogP contribution in [0.5, 0.6) is 11.5 Å². The standard InChI is InChI=1S/C19H22N4O3.ClH/c24-19(22-15-3-4-17-18(10-15)26-13-25-17)5-8-23-9-7-21-12-16(23)14-2-1-6-20-11-14;/h1-4,6,10-11,16,21H,5,7-9,12-13H2,(H,22,24);1H. The first kappa shape index (κ1) is 19.4. The number of nitrogens with zero attached hydrogens (tertiary/aromatic N) is 2. The van der Waals surface area contributed by atoms with E-state index in [9.17, 15) is 4.79 Å². The summed E-state index contributed by atoms with van der Waals surface area (Å²) in [6, 6.07) is 9.72. The molecule has 1 atom stereocenters. The number of carbonyl (C=O) groups is 1. The molecule has 4 rings (SSSR count). The van der Waals surface area contributed by atoms with Crippen molar-refractivity contribution in [3.8, 4) is 11.5 Å². The Morgan fingerprint density at radius 1 is 1.30 bits per heavy atom. The molecule has 0 bridgehead atoms. The van der Waals surface area contributed by atoms with E-state index < -0.39 is 0 Å². The van der Waals surface area contributed by atoms with Crippen LogP contribution >= 0.6 is 12.4 Å². The number of anilines is 1. The lowest BCUT2D eigenvalue weighted by Crippen LogP contribution is -2.46. The van der Waals surface area contributed by atoms with E-state index in [0.717, 1.165) is 25.3 Å². The normalized spacial score (nSPS) is 18.6. The zero-order valence-corrected chi connectivity index (χ0v) is 15.7. The lowest BCUT2D eigenvalue weighted by Gasteiger charge is -2.36. The van der Waals surface area contributed by atoms with Crippen LogP contribution < -0.4 is 20.1 Å². The van der Waals surface area contributed by atoms with Crippen molar-refractivity contribution in [3.63, 3.8) is 0 Å². The Hall–Kier alpha value is -2.35. The molecule has 0 aliphatic carbocycles. The van der Waals surface area contributed by atoms with Gasteiger partial charge in [0.05, 0.1) is 0 Å². The maximum Gasteiger partial charge on any atom is 0.231 e. The average Bonchev–Trinajstić information content (AvgIpc) is 3.15. The van der Waals surface area contributed by atoms with Gasteiger partial charge in [-0.05, 0) is 23.8 Å². The van der Waals surface area contributed by atoms with Crippen molar-refractivity contribution in [1.29, 1.82) is 0 Å². The number of ether oxygens (including phenoxy) is 2. The monoisotopic (exact) mass is 390 g/mol. The molecule has 2 aromatic rings. The molecule has 8 heteroatoms. The van der Waals surface area contributed by atoms with Gasteiger partial charge in [-0.25, -0.2) is 0 Å². The Balaban J connectivity index is 0.00000210. The van der Waals surface area contributed by atoms with E-state index in [1.165, 1.54) is 5.56 Å². The first-order valence-corrected chi connectivity index (χ1v) is 8.84. The van der Waals surface area contributed by atoms with Crippen molar-refractivity contribution in [2.75, 3.05) is 38.3 Å². The molecule has 0 radical (unpaired) electrons. The largest absolute Gasteiger partial charge is 0.454 e.